The van der Waals surface area contributed by atoms with Crippen molar-refractivity contribution in [2.75, 3.05) is 34.8 Å². The van der Waals surface area contributed by atoms with Crippen LogP contribution in [0, 0.1) is 5.41 Å². The molecule has 3 aliphatic rings. The van der Waals surface area contributed by atoms with E-state index >= 15 is 0 Å². The smallest absolute Gasteiger partial charge is 0.416 e. The zero-order valence-electron chi connectivity index (χ0n) is 20.4. The summed E-state index contributed by atoms with van der Waals surface area (Å²) >= 11 is 0. The van der Waals surface area contributed by atoms with Crippen LogP contribution >= 0.6 is 0 Å². The molecule has 6 rings (SSSR count). The van der Waals surface area contributed by atoms with Gasteiger partial charge in [0.15, 0.2) is 0 Å². The summed E-state index contributed by atoms with van der Waals surface area (Å²) in [6.45, 7) is 5.79. The van der Waals surface area contributed by atoms with Gasteiger partial charge in [-0.3, -0.25) is 9.69 Å². The molecule has 10 nitrogen and oxygen atoms in total. The number of hydrogen-bond donors (Lipinski definition) is 1. The van der Waals surface area contributed by atoms with Crippen molar-refractivity contribution < 1.29 is 18.7 Å². The van der Waals surface area contributed by atoms with Crippen LogP contribution < -0.4 is 15.1 Å². The van der Waals surface area contributed by atoms with Crippen molar-refractivity contribution in [3.05, 3.63) is 48.4 Å². The molecule has 3 fully saturated rings. The van der Waals surface area contributed by atoms with Crippen LogP contribution in [-0.4, -0.2) is 52.2 Å². The molecule has 1 N–H and O–H groups in total. The van der Waals surface area contributed by atoms with Gasteiger partial charge in [0.2, 0.25) is 5.89 Å². The van der Waals surface area contributed by atoms with Gasteiger partial charge in [0.05, 0.1) is 17.3 Å². The molecule has 2 saturated heterocycles. The minimum Gasteiger partial charge on any atom is -0.447 e. The average Bonchev–Trinajstić information content (AvgIpc) is 3.27. The van der Waals surface area contributed by atoms with Gasteiger partial charge in [-0.15, -0.1) is 0 Å². The van der Waals surface area contributed by atoms with E-state index in [0.717, 1.165) is 25.9 Å². The first-order valence-corrected chi connectivity index (χ1v) is 12.2. The summed E-state index contributed by atoms with van der Waals surface area (Å²) in [7, 11) is 0. The maximum absolute atomic E-state index is 13.5. The summed E-state index contributed by atoms with van der Waals surface area (Å²) < 4.78 is 10.6. The molecule has 3 aromatic heterocycles. The number of anilines is 3. The number of nitrogens with zero attached hydrogens (tertiary/aromatic N) is 5. The van der Waals surface area contributed by atoms with Crippen LogP contribution in [0.5, 0.6) is 0 Å². The molecule has 1 saturated carbocycles. The van der Waals surface area contributed by atoms with E-state index in [9.17, 15) is 9.59 Å². The Kier molecular flexibility index (Phi) is 5.20. The van der Waals surface area contributed by atoms with Gasteiger partial charge in [-0.05, 0) is 69.2 Å². The van der Waals surface area contributed by atoms with E-state index in [2.05, 4.69) is 20.2 Å². The highest BCUT2D eigenvalue weighted by Crippen LogP contribution is 2.54. The van der Waals surface area contributed by atoms with Crippen LogP contribution in [0.15, 0.2) is 47.2 Å². The Morgan fingerprint density at radius 1 is 1.06 bits per heavy atom. The lowest BCUT2D eigenvalue weighted by atomic mass is 9.93. The molecule has 3 aromatic rings. The van der Waals surface area contributed by atoms with E-state index in [1.54, 1.807) is 41.4 Å². The SMILES string of the molecule is CC1(C)COC(=O)N1c1ccc(C(=O)Nc2cccc(-c3ncco3)n2)c(N2CCC3(CC2)CC3)n1. The standard InChI is InChI=1S/C26H28N6O4/c1-25(2)16-36-24(34)32(25)20-7-6-17(21(30-20)31-13-10-26(8-9-26)11-14-31)22(33)29-19-5-3-4-18(28-19)23-27-12-15-35-23/h3-7,12,15H,8-11,13-14,16H2,1-2H3,(H,28,29,33). The zero-order chi connectivity index (χ0) is 24.9. The topological polar surface area (TPSA) is 114 Å². The monoisotopic (exact) mass is 488 g/mol. The van der Waals surface area contributed by atoms with Gasteiger partial charge in [0, 0.05) is 13.1 Å². The first kappa shape index (κ1) is 22.5. The van der Waals surface area contributed by atoms with Crippen LogP contribution in [0.2, 0.25) is 0 Å². The first-order valence-electron chi connectivity index (χ1n) is 12.2. The number of rotatable bonds is 5. The van der Waals surface area contributed by atoms with Gasteiger partial charge in [0.25, 0.3) is 5.91 Å². The second-order valence-electron chi connectivity index (χ2n) is 10.4. The summed E-state index contributed by atoms with van der Waals surface area (Å²) in [5.74, 6) is 1.48. The number of carbonyl (C=O) groups excluding carboxylic acids is 2. The quantitative estimate of drug-likeness (QED) is 0.558. The Balaban J connectivity index is 1.32. The van der Waals surface area contributed by atoms with Crippen LogP contribution in [0.25, 0.3) is 11.6 Å². The number of nitrogens with one attached hydrogen (secondary N) is 1. The third-order valence-electron chi connectivity index (χ3n) is 7.39. The second-order valence-corrected chi connectivity index (χ2v) is 10.4. The number of piperidine rings is 1. The number of pyridine rings is 2. The molecule has 2 aliphatic heterocycles. The van der Waals surface area contributed by atoms with Gasteiger partial charge in [-0.2, -0.15) is 0 Å². The highest BCUT2D eigenvalue weighted by Gasteiger charge is 2.45. The fourth-order valence-electron chi connectivity index (χ4n) is 5.03. The first-order chi connectivity index (χ1) is 17.3. The van der Waals surface area contributed by atoms with Gasteiger partial charge in [0.1, 0.15) is 36.0 Å². The molecule has 186 valence electrons. The lowest BCUT2D eigenvalue weighted by molar-refractivity contribution is 0.102. The van der Waals surface area contributed by atoms with E-state index in [1.165, 1.54) is 19.1 Å². The van der Waals surface area contributed by atoms with Gasteiger partial charge < -0.3 is 19.4 Å². The average molecular weight is 489 g/mol. The molecule has 36 heavy (non-hydrogen) atoms. The Morgan fingerprint density at radius 3 is 2.53 bits per heavy atom. The number of amides is 2. The summed E-state index contributed by atoms with van der Waals surface area (Å²) in [5, 5.41) is 2.89. The van der Waals surface area contributed by atoms with Gasteiger partial charge >= 0.3 is 6.09 Å². The summed E-state index contributed by atoms with van der Waals surface area (Å²) in [6.07, 6.45) is 7.31. The fourth-order valence-corrected chi connectivity index (χ4v) is 5.03. The highest BCUT2D eigenvalue weighted by atomic mass is 16.6. The Hall–Kier alpha value is -3.95. The Bertz CT molecular complexity index is 1310. The van der Waals surface area contributed by atoms with Crippen molar-refractivity contribution in [1.29, 1.82) is 0 Å². The maximum Gasteiger partial charge on any atom is 0.416 e. The predicted octanol–water partition coefficient (Wildman–Crippen LogP) is 4.50. The van der Waals surface area contributed by atoms with Crippen molar-refractivity contribution in [3.63, 3.8) is 0 Å². The molecule has 0 bridgehead atoms. The van der Waals surface area contributed by atoms with Crippen molar-refractivity contribution >= 4 is 29.5 Å². The van der Waals surface area contributed by atoms with Crippen LogP contribution in [0.4, 0.5) is 22.2 Å². The molecular formula is C26H28N6O4. The van der Waals surface area contributed by atoms with Crippen molar-refractivity contribution in [1.82, 2.24) is 15.0 Å². The molecule has 2 amide bonds. The van der Waals surface area contributed by atoms with Crippen LogP contribution in [-0.2, 0) is 4.74 Å². The lowest BCUT2D eigenvalue weighted by Crippen LogP contribution is -2.43. The fraction of sp³-hybridized carbons (Fsp3) is 0.423. The molecule has 0 radical (unpaired) electrons. The van der Waals surface area contributed by atoms with E-state index in [1.807, 2.05) is 13.8 Å². The van der Waals surface area contributed by atoms with E-state index in [-0.39, 0.29) is 12.5 Å². The predicted molar refractivity (Wildman–Crippen MR) is 133 cm³/mol. The third-order valence-corrected chi connectivity index (χ3v) is 7.39. The normalized spacial score (nSPS) is 19.9. The minimum absolute atomic E-state index is 0.282. The van der Waals surface area contributed by atoms with E-state index < -0.39 is 11.6 Å². The number of hydrogen-bond acceptors (Lipinski definition) is 8. The molecule has 10 heteroatoms. The molecule has 1 aliphatic carbocycles. The summed E-state index contributed by atoms with van der Waals surface area (Å²) in [6, 6.07) is 8.70. The minimum atomic E-state index is -0.532. The second kappa shape index (κ2) is 8.32. The van der Waals surface area contributed by atoms with Crippen molar-refractivity contribution in [2.24, 2.45) is 5.41 Å². The largest absolute Gasteiger partial charge is 0.447 e. The van der Waals surface area contributed by atoms with Crippen LogP contribution in [0.1, 0.15) is 49.9 Å². The summed E-state index contributed by atoms with van der Waals surface area (Å²) in [4.78, 5) is 43.2. The molecule has 0 aromatic carbocycles. The molecule has 0 atom stereocenters. The third kappa shape index (κ3) is 4.06. The Labute approximate surface area is 208 Å². The number of aromatic nitrogens is 3. The summed E-state index contributed by atoms with van der Waals surface area (Å²) in [5.41, 5.74) is 0.892. The molecule has 1 spiro atoms. The number of cyclic esters (lactones) is 1. The molecular weight excluding hydrogens is 460 g/mol. The highest BCUT2D eigenvalue weighted by molar-refractivity contribution is 6.07. The number of carbonyl (C=O) groups is 2. The molecule has 5 heterocycles. The van der Waals surface area contributed by atoms with Crippen molar-refractivity contribution in [3.8, 4) is 11.6 Å². The zero-order valence-corrected chi connectivity index (χ0v) is 20.4. The molecule has 0 unspecified atom stereocenters. The van der Waals surface area contributed by atoms with Gasteiger partial charge in [-0.1, -0.05) is 6.07 Å². The van der Waals surface area contributed by atoms with Crippen molar-refractivity contribution in [2.45, 2.75) is 45.1 Å². The number of ether oxygens (including phenoxy) is 1. The maximum atomic E-state index is 13.5. The van der Waals surface area contributed by atoms with Crippen LogP contribution in [0.3, 0.4) is 0 Å². The van der Waals surface area contributed by atoms with E-state index in [4.69, 9.17) is 14.1 Å². The number of oxazole rings is 1. The van der Waals surface area contributed by atoms with E-state index in [0.29, 0.717) is 40.0 Å². The Morgan fingerprint density at radius 2 is 1.86 bits per heavy atom. The van der Waals surface area contributed by atoms with Gasteiger partial charge in [-0.25, -0.2) is 19.7 Å². The lowest BCUT2D eigenvalue weighted by Gasteiger charge is -2.35.